The lowest BCUT2D eigenvalue weighted by Crippen LogP contribution is -2.14. The van der Waals surface area contributed by atoms with Gasteiger partial charge in [-0.05, 0) is 30.3 Å². The van der Waals surface area contributed by atoms with E-state index in [0.29, 0.717) is 18.7 Å². The summed E-state index contributed by atoms with van der Waals surface area (Å²) in [7, 11) is 0. The van der Waals surface area contributed by atoms with Gasteiger partial charge in [0.15, 0.2) is 5.76 Å². The Morgan fingerprint density at radius 1 is 1.19 bits per heavy atom. The number of aryl methyl sites for hydroxylation is 1. The van der Waals surface area contributed by atoms with Crippen LogP contribution in [0.25, 0.3) is 11.3 Å². The third kappa shape index (κ3) is 3.36. The molecular formula is C15H14N4O2. The first-order valence-electron chi connectivity index (χ1n) is 6.60. The molecule has 0 saturated heterocycles. The van der Waals surface area contributed by atoms with Crippen molar-refractivity contribution in [2.75, 3.05) is 5.32 Å². The summed E-state index contributed by atoms with van der Waals surface area (Å²) in [6, 6.07) is 11.1. The zero-order chi connectivity index (χ0) is 14.5. The minimum atomic E-state index is -0.0436. The lowest BCUT2D eigenvalue weighted by Gasteiger charge is -2.06. The first kappa shape index (κ1) is 13.1. The molecule has 1 N–H and O–H groups in total. The van der Waals surface area contributed by atoms with Gasteiger partial charge in [-0.25, -0.2) is 0 Å². The maximum Gasteiger partial charge on any atom is 0.226 e. The van der Waals surface area contributed by atoms with Crippen LogP contribution in [0.3, 0.4) is 0 Å². The van der Waals surface area contributed by atoms with Crippen LogP contribution < -0.4 is 5.32 Å². The van der Waals surface area contributed by atoms with Crippen LogP contribution in [-0.2, 0) is 11.3 Å². The van der Waals surface area contributed by atoms with Crippen LogP contribution >= 0.6 is 0 Å². The number of aromatic nitrogens is 3. The fourth-order valence-corrected chi connectivity index (χ4v) is 1.95. The van der Waals surface area contributed by atoms with E-state index in [2.05, 4.69) is 15.6 Å². The number of nitrogens with zero attached hydrogens (tertiary/aromatic N) is 3. The normalized spacial score (nSPS) is 10.5. The summed E-state index contributed by atoms with van der Waals surface area (Å²) >= 11 is 0. The highest BCUT2D eigenvalue weighted by molar-refractivity contribution is 5.90. The number of hydrogen-bond acceptors (Lipinski definition) is 4. The standard InChI is InChI=1S/C15H14N4O2/c20-15(7-11-19-10-1-8-16-19)18-13-4-2-12(3-5-13)14-6-9-17-21-14/h1-6,8-10H,7,11H2,(H,18,20). The van der Waals surface area contributed by atoms with Gasteiger partial charge < -0.3 is 9.84 Å². The van der Waals surface area contributed by atoms with E-state index in [1.807, 2.05) is 36.5 Å². The van der Waals surface area contributed by atoms with E-state index in [1.54, 1.807) is 23.1 Å². The number of amides is 1. The predicted molar refractivity (Wildman–Crippen MR) is 77.4 cm³/mol. The molecule has 0 aliphatic heterocycles. The molecule has 0 unspecified atom stereocenters. The van der Waals surface area contributed by atoms with E-state index >= 15 is 0 Å². The first-order chi connectivity index (χ1) is 10.3. The predicted octanol–water partition coefficient (Wildman–Crippen LogP) is 2.57. The SMILES string of the molecule is O=C(CCn1cccn1)Nc1ccc(-c2ccno2)cc1. The van der Waals surface area contributed by atoms with Crippen molar-refractivity contribution in [2.24, 2.45) is 0 Å². The molecule has 0 spiro atoms. The molecule has 0 bridgehead atoms. The third-order valence-corrected chi connectivity index (χ3v) is 3.02. The molecule has 0 atom stereocenters. The molecule has 0 fully saturated rings. The van der Waals surface area contributed by atoms with Gasteiger partial charge in [-0.15, -0.1) is 0 Å². The van der Waals surface area contributed by atoms with Gasteiger partial charge in [0.25, 0.3) is 0 Å². The average Bonchev–Trinajstić information content (AvgIpc) is 3.19. The summed E-state index contributed by atoms with van der Waals surface area (Å²) < 4.78 is 6.80. The van der Waals surface area contributed by atoms with Crippen molar-refractivity contribution >= 4 is 11.6 Å². The highest BCUT2D eigenvalue weighted by atomic mass is 16.5. The molecule has 1 amide bonds. The summed E-state index contributed by atoms with van der Waals surface area (Å²) in [6.45, 7) is 0.564. The Morgan fingerprint density at radius 3 is 2.71 bits per heavy atom. The lowest BCUT2D eigenvalue weighted by molar-refractivity contribution is -0.116. The average molecular weight is 282 g/mol. The summed E-state index contributed by atoms with van der Waals surface area (Å²) in [5.41, 5.74) is 1.67. The number of carbonyl (C=O) groups excluding carboxylic acids is 1. The number of anilines is 1. The van der Waals surface area contributed by atoms with E-state index in [-0.39, 0.29) is 5.91 Å². The maximum absolute atomic E-state index is 11.8. The van der Waals surface area contributed by atoms with Gasteiger partial charge in [0.2, 0.25) is 5.91 Å². The highest BCUT2D eigenvalue weighted by Gasteiger charge is 2.05. The smallest absolute Gasteiger partial charge is 0.226 e. The Hall–Kier alpha value is -2.89. The van der Waals surface area contributed by atoms with Crippen LogP contribution in [0, 0.1) is 0 Å². The van der Waals surface area contributed by atoms with E-state index in [9.17, 15) is 4.79 Å². The van der Waals surface area contributed by atoms with Gasteiger partial charge in [-0.2, -0.15) is 5.10 Å². The van der Waals surface area contributed by atoms with Gasteiger partial charge >= 0.3 is 0 Å². The van der Waals surface area contributed by atoms with Gasteiger partial charge in [-0.3, -0.25) is 9.48 Å². The molecule has 6 heteroatoms. The summed E-state index contributed by atoms with van der Waals surface area (Å²) in [5.74, 6) is 0.657. The van der Waals surface area contributed by atoms with Crippen LogP contribution in [0.2, 0.25) is 0 Å². The molecule has 106 valence electrons. The molecule has 21 heavy (non-hydrogen) atoms. The van der Waals surface area contributed by atoms with E-state index < -0.39 is 0 Å². The second kappa shape index (κ2) is 6.04. The maximum atomic E-state index is 11.8. The lowest BCUT2D eigenvalue weighted by atomic mass is 10.1. The quantitative estimate of drug-likeness (QED) is 0.780. The summed E-state index contributed by atoms with van der Waals surface area (Å²) in [6.07, 6.45) is 5.51. The van der Waals surface area contributed by atoms with Crippen LogP contribution in [0.4, 0.5) is 5.69 Å². The Labute approximate surface area is 121 Å². The molecule has 3 rings (SSSR count). The zero-order valence-corrected chi connectivity index (χ0v) is 11.3. The minimum absolute atomic E-state index is 0.0436. The monoisotopic (exact) mass is 282 g/mol. The van der Waals surface area contributed by atoms with E-state index in [0.717, 1.165) is 11.3 Å². The number of rotatable bonds is 5. The molecule has 0 aliphatic carbocycles. The van der Waals surface area contributed by atoms with Crippen LogP contribution in [0.1, 0.15) is 6.42 Å². The van der Waals surface area contributed by atoms with Crippen molar-refractivity contribution < 1.29 is 9.32 Å². The van der Waals surface area contributed by atoms with Crippen molar-refractivity contribution in [1.29, 1.82) is 0 Å². The topological polar surface area (TPSA) is 73.0 Å². The Balaban J connectivity index is 1.56. The molecule has 0 aliphatic rings. The van der Waals surface area contributed by atoms with Crippen LogP contribution in [0.5, 0.6) is 0 Å². The van der Waals surface area contributed by atoms with E-state index in [1.165, 1.54) is 0 Å². The Kier molecular flexibility index (Phi) is 3.77. The van der Waals surface area contributed by atoms with Crippen molar-refractivity contribution in [1.82, 2.24) is 14.9 Å². The molecule has 3 aromatic rings. The van der Waals surface area contributed by atoms with Crippen molar-refractivity contribution in [2.45, 2.75) is 13.0 Å². The van der Waals surface area contributed by atoms with Crippen LogP contribution in [-0.4, -0.2) is 20.8 Å². The molecule has 0 saturated carbocycles. The first-order valence-corrected chi connectivity index (χ1v) is 6.60. The molecule has 2 heterocycles. The second-order valence-electron chi connectivity index (χ2n) is 4.52. The molecule has 0 radical (unpaired) electrons. The summed E-state index contributed by atoms with van der Waals surface area (Å²) in [5, 5.41) is 10.6. The minimum Gasteiger partial charge on any atom is -0.356 e. The van der Waals surface area contributed by atoms with Crippen molar-refractivity contribution in [3.63, 3.8) is 0 Å². The molecule has 6 nitrogen and oxygen atoms in total. The third-order valence-electron chi connectivity index (χ3n) is 3.02. The van der Waals surface area contributed by atoms with Crippen molar-refractivity contribution in [3.8, 4) is 11.3 Å². The number of benzene rings is 1. The van der Waals surface area contributed by atoms with Crippen LogP contribution in [0.15, 0.2) is 59.5 Å². The molecule has 2 aromatic heterocycles. The van der Waals surface area contributed by atoms with Gasteiger partial charge in [-0.1, -0.05) is 5.16 Å². The number of carbonyl (C=O) groups is 1. The largest absolute Gasteiger partial charge is 0.356 e. The fraction of sp³-hybridized carbons (Fsp3) is 0.133. The highest BCUT2D eigenvalue weighted by Crippen LogP contribution is 2.20. The Bertz CT molecular complexity index is 688. The summed E-state index contributed by atoms with van der Waals surface area (Å²) in [4.78, 5) is 11.8. The number of hydrogen-bond donors (Lipinski definition) is 1. The second-order valence-corrected chi connectivity index (χ2v) is 4.52. The molecule has 1 aromatic carbocycles. The zero-order valence-electron chi connectivity index (χ0n) is 11.3. The van der Waals surface area contributed by atoms with E-state index in [4.69, 9.17) is 4.52 Å². The Morgan fingerprint density at radius 2 is 2.05 bits per heavy atom. The van der Waals surface area contributed by atoms with Gasteiger partial charge in [0.05, 0.1) is 6.20 Å². The fourth-order valence-electron chi connectivity index (χ4n) is 1.95. The van der Waals surface area contributed by atoms with Gasteiger partial charge in [0, 0.05) is 42.7 Å². The van der Waals surface area contributed by atoms with Crippen molar-refractivity contribution in [3.05, 3.63) is 55.0 Å². The number of nitrogens with one attached hydrogen (secondary N) is 1. The van der Waals surface area contributed by atoms with Gasteiger partial charge in [0.1, 0.15) is 0 Å². The molecular weight excluding hydrogens is 268 g/mol.